The highest BCUT2D eigenvalue weighted by molar-refractivity contribution is 9.18. The lowest BCUT2D eigenvalue weighted by Gasteiger charge is -2.19. The van der Waals surface area contributed by atoms with Crippen LogP contribution < -0.4 is 4.74 Å². The molecule has 1 aromatic rings. The molecule has 0 aliphatic carbocycles. The third kappa shape index (κ3) is 3.25. The molecule has 1 amide bonds. The zero-order valence-electron chi connectivity index (χ0n) is 11.6. The van der Waals surface area contributed by atoms with Crippen LogP contribution in [0.25, 0.3) is 0 Å². The Morgan fingerprint density at radius 3 is 2.44 bits per heavy atom. The molecule has 0 saturated carbocycles. The summed E-state index contributed by atoms with van der Waals surface area (Å²) in [6, 6.07) is 2.17. The molecule has 0 aliphatic heterocycles. The largest absolute Gasteiger partial charge is 0.496 e. The second kappa shape index (κ2) is 6.23. The maximum atomic E-state index is 11.1. The van der Waals surface area contributed by atoms with E-state index < -0.39 is 0 Å². The van der Waals surface area contributed by atoms with Crippen molar-refractivity contribution in [2.75, 3.05) is 20.7 Å². The van der Waals surface area contributed by atoms with Gasteiger partial charge in [0.25, 0.3) is 4.82 Å². The lowest BCUT2D eigenvalue weighted by molar-refractivity contribution is 0.235. The van der Waals surface area contributed by atoms with E-state index >= 15 is 0 Å². The van der Waals surface area contributed by atoms with Crippen LogP contribution in [0, 0.1) is 20.8 Å². The minimum Gasteiger partial charge on any atom is -0.496 e. The number of methoxy groups -OCH3 is 1. The minimum atomic E-state index is -0.0945. The Morgan fingerprint density at radius 2 is 1.94 bits per heavy atom. The third-order valence-electron chi connectivity index (χ3n) is 3.32. The number of carbonyl (C=O) groups excluding carboxylic acids is 1. The van der Waals surface area contributed by atoms with Crippen molar-refractivity contribution in [3.63, 3.8) is 0 Å². The van der Waals surface area contributed by atoms with Gasteiger partial charge in [0.05, 0.1) is 7.11 Å². The zero-order valence-corrected chi connectivity index (χ0v) is 13.2. The predicted molar refractivity (Wildman–Crippen MR) is 77.9 cm³/mol. The number of rotatable bonds is 4. The quantitative estimate of drug-likeness (QED) is 0.627. The summed E-state index contributed by atoms with van der Waals surface area (Å²) in [6.07, 6.45) is 0.796. The normalized spacial score (nSPS) is 10.3. The highest BCUT2D eigenvalue weighted by Gasteiger charge is 2.13. The Morgan fingerprint density at radius 1 is 1.33 bits per heavy atom. The monoisotopic (exact) mass is 313 g/mol. The summed E-state index contributed by atoms with van der Waals surface area (Å²) in [4.78, 5) is 12.7. The van der Waals surface area contributed by atoms with Gasteiger partial charge in [-0.2, -0.15) is 0 Å². The first kappa shape index (κ1) is 15.0. The molecular formula is C14H20BrNO2. The van der Waals surface area contributed by atoms with Crippen molar-refractivity contribution in [3.8, 4) is 5.75 Å². The number of amides is 1. The van der Waals surface area contributed by atoms with Crippen molar-refractivity contribution >= 4 is 20.7 Å². The van der Waals surface area contributed by atoms with Crippen LogP contribution in [0.5, 0.6) is 5.75 Å². The van der Waals surface area contributed by atoms with Gasteiger partial charge in [-0.05, 0) is 49.4 Å². The SMILES string of the molecule is COc1c(C)c(C)cc(C)c1CCN(C)C(=O)Br. The average Bonchev–Trinajstić information content (AvgIpc) is 2.31. The summed E-state index contributed by atoms with van der Waals surface area (Å²) in [6.45, 7) is 6.91. The maximum absolute atomic E-state index is 11.1. The maximum Gasteiger partial charge on any atom is 0.289 e. The van der Waals surface area contributed by atoms with Gasteiger partial charge >= 0.3 is 0 Å². The van der Waals surface area contributed by atoms with Gasteiger partial charge in [-0.25, -0.2) is 0 Å². The number of nitrogens with zero attached hydrogens (tertiary/aromatic N) is 1. The Hall–Kier alpha value is -1.03. The third-order valence-corrected chi connectivity index (χ3v) is 3.92. The Labute approximate surface area is 117 Å². The molecule has 0 saturated heterocycles. The number of carbonyl (C=O) groups is 1. The average molecular weight is 314 g/mol. The van der Waals surface area contributed by atoms with E-state index in [-0.39, 0.29) is 4.82 Å². The smallest absolute Gasteiger partial charge is 0.289 e. The van der Waals surface area contributed by atoms with Crippen molar-refractivity contribution in [1.82, 2.24) is 4.90 Å². The number of hydrogen-bond donors (Lipinski definition) is 0. The molecule has 0 N–H and O–H groups in total. The van der Waals surface area contributed by atoms with Crippen molar-refractivity contribution < 1.29 is 9.53 Å². The van der Waals surface area contributed by atoms with Gasteiger partial charge in [-0.3, -0.25) is 4.79 Å². The van der Waals surface area contributed by atoms with E-state index in [0.717, 1.165) is 12.2 Å². The van der Waals surface area contributed by atoms with Crippen LogP contribution in [0.15, 0.2) is 6.07 Å². The molecule has 18 heavy (non-hydrogen) atoms. The Balaban J connectivity index is 3.01. The first-order valence-corrected chi connectivity index (χ1v) is 6.72. The van der Waals surface area contributed by atoms with Crippen LogP contribution in [-0.2, 0) is 6.42 Å². The van der Waals surface area contributed by atoms with Crippen LogP contribution in [-0.4, -0.2) is 30.4 Å². The molecule has 100 valence electrons. The molecule has 1 aromatic carbocycles. The fraction of sp³-hybridized carbons (Fsp3) is 0.500. The molecule has 0 radical (unpaired) electrons. The molecular weight excluding hydrogens is 294 g/mol. The Bertz CT molecular complexity index is 458. The van der Waals surface area contributed by atoms with Crippen LogP contribution in [0.2, 0.25) is 0 Å². The summed E-state index contributed by atoms with van der Waals surface area (Å²) in [5.74, 6) is 0.947. The Kier molecular flexibility index (Phi) is 5.20. The van der Waals surface area contributed by atoms with Crippen LogP contribution >= 0.6 is 15.9 Å². The summed E-state index contributed by atoms with van der Waals surface area (Å²) in [7, 11) is 3.48. The minimum absolute atomic E-state index is 0.0945. The number of benzene rings is 1. The van der Waals surface area contributed by atoms with Gasteiger partial charge in [-0.1, -0.05) is 6.07 Å². The first-order valence-electron chi connectivity index (χ1n) is 5.92. The molecule has 3 nitrogen and oxygen atoms in total. The molecule has 0 heterocycles. The summed E-state index contributed by atoms with van der Waals surface area (Å²) in [5, 5.41) is 0. The van der Waals surface area contributed by atoms with Gasteiger partial charge in [-0.15, -0.1) is 0 Å². The molecule has 0 bridgehead atoms. The van der Waals surface area contributed by atoms with Gasteiger partial charge in [0.1, 0.15) is 5.75 Å². The second-order valence-corrected chi connectivity index (χ2v) is 5.25. The van der Waals surface area contributed by atoms with Crippen LogP contribution in [0.4, 0.5) is 4.79 Å². The number of hydrogen-bond acceptors (Lipinski definition) is 2. The van der Waals surface area contributed by atoms with E-state index in [1.807, 2.05) is 0 Å². The van der Waals surface area contributed by atoms with Crippen LogP contribution in [0.3, 0.4) is 0 Å². The van der Waals surface area contributed by atoms with E-state index in [4.69, 9.17) is 4.74 Å². The number of ether oxygens (including phenoxy) is 1. The molecule has 0 aromatic heterocycles. The summed E-state index contributed by atoms with van der Waals surface area (Å²) in [5.41, 5.74) is 4.80. The van der Waals surface area contributed by atoms with E-state index in [2.05, 4.69) is 42.8 Å². The van der Waals surface area contributed by atoms with Gasteiger partial charge in [0, 0.05) is 29.5 Å². The zero-order chi connectivity index (χ0) is 13.9. The number of halogens is 1. The van der Waals surface area contributed by atoms with Crippen molar-refractivity contribution in [1.29, 1.82) is 0 Å². The standard InChI is InChI=1S/C14H20BrNO2/c1-9-8-10(2)12(13(18-5)11(9)3)6-7-16(4)14(15)17/h8H,6-7H2,1-5H3. The van der Waals surface area contributed by atoms with E-state index in [9.17, 15) is 4.79 Å². The van der Waals surface area contributed by atoms with Crippen molar-refractivity contribution in [3.05, 3.63) is 28.3 Å². The fourth-order valence-corrected chi connectivity index (χ4v) is 2.24. The summed E-state index contributed by atoms with van der Waals surface area (Å²) < 4.78 is 5.52. The predicted octanol–water partition coefficient (Wildman–Crippen LogP) is 3.61. The van der Waals surface area contributed by atoms with Gasteiger partial charge < -0.3 is 9.64 Å². The highest BCUT2D eigenvalue weighted by Crippen LogP contribution is 2.29. The second-order valence-electron chi connectivity index (χ2n) is 4.57. The summed E-state index contributed by atoms with van der Waals surface area (Å²) >= 11 is 2.95. The number of aryl methyl sites for hydroxylation is 2. The highest BCUT2D eigenvalue weighted by atomic mass is 79.9. The molecule has 0 spiro atoms. The van der Waals surface area contributed by atoms with E-state index in [1.54, 1.807) is 19.1 Å². The van der Waals surface area contributed by atoms with E-state index in [0.29, 0.717) is 6.54 Å². The lowest BCUT2D eigenvalue weighted by Crippen LogP contribution is -2.23. The molecule has 0 aliphatic rings. The lowest BCUT2D eigenvalue weighted by atomic mass is 9.97. The molecule has 0 fully saturated rings. The van der Waals surface area contributed by atoms with Crippen molar-refractivity contribution in [2.24, 2.45) is 0 Å². The molecule has 0 unspecified atom stereocenters. The number of likely N-dealkylation sites (N-methyl/N-ethyl adjacent to an activating group) is 1. The molecule has 4 heteroatoms. The van der Waals surface area contributed by atoms with Gasteiger partial charge in [0.15, 0.2) is 0 Å². The molecule has 0 atom stereocenters. The van der Waals surface area contributed by atoms with E-state index in [1.165, 1.54) is 22.3 Å². The fourth-order valence-electron chi connectivity index (χ4n) is 2.06. The van der Waals surface area contributed by atoms with Crippen LogP contribution in [0.1, 0.15) is 22.3 Å². The first-order chi connectivity index (χ1) is 8.38. The molecule has 1 rings (SSSR count). The van der Waals surface area contributed by atoms with Crippen molar-refractivity contribution in [2.45, 2.75) is 27.2 Å². The van der Waals surface area contributed by atoms with Gasteiger partial charge in [0.2, 0.25) is 0 Å². The topological polar surface area (TPSA) is 29.5 Å².